The van der Waals surface area contributed by atoms with E-state index >= 15 is 0 Å². The SMILES string of the molecule is O=C(Nc1ccc(F)c(F)c1)N[C@H]1CC[C@H](Oc2ccc(C(F)(F)F)cc2)C1. The maximum absolute atomic E-state index is 13.2. The van der Waals surface area contributed by atoms with Crippen molar-refractivity contribution in [2.45, 2.75) is 37.6 Å². The zero-order valence-corrected chi connectivity index (χ0v) is 14.5. The number of halogens is 5. The molecule has 1 saturated carbocycles. The predicted octanol–water partition coefficient (Wildman–Crippen LogP) is 5.11. The van der Waals surface area contributed by atoms with Crippen LogP contribution in [0, 0.1) is 11.6 Å². The number of carbonyl (C=O) groups is 1. The fourth-order valence-electron chi connectivity index (χ4n) is 3.02. The smallest absolute Gasteiger partial charge is 0.416 e. The van der Waals surface area contributed by atoms with Gasteiger partial charge in [-0.1, -0.05) is 0 Å². The molecule has 1 aliphatic rings. The van der Waals surface area contributed by atoms with Crippen LogP contribution in [0.4, 0.5) is 32.4 Å². The lowest BCUT2D eigenvalue weighted by Gasteiger charge is -2.16. The maximum Gasteiger partial charge on any atom is 0.416 e. The van der Waals surface area contributed by atoms with Crippen LogP contribution in [0.2, 0.25) is 0 Å². The highest BCUT2D eigenvalue weighted by atomic mass is 19.4. The molecule has 4 nitrogen and oxygen atoms in total. The second kappa shape index (κ2) is 8.04. The van der Waals surface area contributed by atoms with Crippen molar-refractivity contribution in [3.8, 4) is 5.75 Å². The van der Waals surface area contributed by atoms with Crippen LogP contribution in [-0.2, 0) is 6.18 Å². The molecule has 0 spiro atoms. The van der Waals surface area contributed by atoms with Crippen LogP contribution in [0.3, 0.4) is 0 Å². The number of carbonyl (C=O) groups excluding carboxylic acids is 1. The van der Waals surface area contributed by atoms with Gasteiger partial charge in [-0.15, -0.1) is 0 Å². The Bertz CT molecular complexity index is 839. The first kappa shape index (κ1) is 19.9. The minimum atomic E-state index is -4.40. The van der Waals surface area contributed by atoms with Gasteiger partial charge < -0.3 is 15.4 Å². The number of anilines is 1. The number of nitrogens with one attached hydrogen (secondary N) is 2. The van der Waals surface area contributed by atoms with E-state index in [1.165, 1.54) is 18.2 Å². The van der Waals surface area contributed by atoms with E-state index in [2.05, 4.69) is 10.6 Å². The highest BCUT2D eigenvalue weighted by molar-refractivity contribution is 5.89. The van der Waals surface area contributed by atoms with Crippen LogP contribution in [0.15, 0.2) is 42.5 Å². The van der Waals surface area contributed by atoms with E-state index in [1.807, 2.05) is 0 Å². The Labute approximate surface area is 157 Å². The molecule has 0 heterocycles. The molecule has 3 rings (SSSR count). The Morgan fingerprint density at radius 1 is 1.00 bits per heavy atom. The molecule has 0 radical (unpaired) electrons. The van der Waals surface area contributed by atoms with Gasteiger partial charge in [0, 0.05) is 24.2 Å². The van der Waals surface area contributed by atoms with Gasteiger partial charge in [-0.3, -0.25) is 0 Å². The number of hydrogen-bond donors (Lipinski definition) is 2. The van der Waals surface area contributed by atoms with E-state index < -0.39 is 29.4 Å². The lowest BCUT2D eigenvalue weighted by atomic mass is 10.2. The normalized spacial score (nSPS) is 19.3. The van der Waals surface area contributed by atoms with E-state index in [1.54, 1.807) is 0 Å². The minimum Gasteiger partial charge on any atom is -0.490 e. The average Bonchev–Trinajstić information content (AvgIpc) is 3.04. The monoisotopic (exact) mass is 400 g/mol. The second-order valence-electron chi connectivity index (χ2n) is 6.50. The van der Waals surface area contributed by atoms with E-state index in [4.69, 9.17) is 4.74 Å². The molecule has 0 saturated heterocycles. The summed E-state index contributed by atoms with van der Waals surface area (Å²) >= 11 is 0. The molecular formula is C19H17F5N2O2. The fraction of sp³-hybridized carbons (Fsp3) is 0.316. The third-order valence-electron chi connectivity index (χ3n) is 4.38. The number of hydrogen-bond acceptors (Lipinski definition) is 2. The number of rotatable bonds is 4. The molecular weight excluding hydrogens is 383 g/mol. The van der Waals surface area contributed by atoms with Crippen LogP contribution >= 0.6 is 0 Å². The topological polar surface area (TPSA) is 50.4 Å². The number of benzene rings is 2. The van der Waals surface area contributed by atoms with Gasteiger partial charge in [-0.25, -0.2) is 13.6 Å². The Morgan fingerprint density at radius 2 is 1.71 bits per heavy atom. The zero-order valence-electron chi connectivity index (χ0n) is 14.5. The summed E-state index contributed by atoms with van der Waals surface area (Å²) in [5, 5.41) is 5.13. The van der Waals surface area contributed by atoms with E-state index in [-0.39, 0.29) is 17.8 Å². The van der Waals surface area contributed by atoms with E-state index in [0.717, 1.165) is 24.3 Å². The number of alkyl halides is 3. The first-order chi connectivity index (χ1) is 13.2. The van der Waals surface area contributed by atoms with Crippen LogP contribution < -0.4 is 15.4 Å². The van der Waals surface area contributed by atoms with Gasteiger partial charge in [0.25, 0.3) is 0 Å². The maximum atomic E-state index is 13.2. The molecule has 2 aromatic rings. The summed E-state index contributed by atoms with van der Waals surface area (Å²) in [6.45, 7) is 0. The van der Waals surface area contributed by atoms with Crippen LogP contribution in [0.1, 0.15) is 24.8 Å². The largest absolute Gasteiger partial charge is 0.490 e. The molecule has 9 heteroatoms. The molecule has 28 heavy (non-hydrogen) atoms. The van der Waals surface area contributed by atoms with Crippen molar-refractivity contribution >= 4 is 11.7 Å². The Hall–Kier alpha value is -2.84. The molecule has 1 aliphatic carbocycles. The summed E-state index contributed by atoms with van der Waals surface area (Å²) in [7, 11) is 0. The van der Waals surface area contributed by atoms with Gasteiger partial charge in [0.2, 0.25) is 0 Å². The summed E-state index contributed by atoms with van der Waals surface area (Å²) in [5.41, 5.74) is -0.633. The quantitative estimate of drug-likeness (QED) is 0.702. The average molecular weight is 400 g/mol. The number of ether oxygens (including phenoxy) is 1. The van der Waals surface area contributed by atoms with Crippen molar-refractivity contribution in [3.63, 3.8) is 0 Å². The third kappa shape index (κ3) is 5.11. The molecule has 2 amide bonds. The van der Waals surface area contributed by atoms with Gasteiger partial charge in [-0.2, -0.15) is 13.2 Å². The van der Waals surface area contributed by atoms with Crippen molar-refractivity contribution in [3.05, 3.63) is 59.7 Å². The number of amides is 2. The third-order valence-corrected chi connectivity index (χ3v) is 4.38. The van der Waals surface area contributed by atoms with E-state index in [9.17, 15) is 26.7 Å². The Kier molecular flexibility index (Phi) is 5.71. The fourth-order valence-corrected chi connectivity index (χ4v) is 3.02. The molecule has 2 atom stereocenters. The molecule has 150 valence electrons. The van der Waals surface area contributed by atoms with Gasteiger partial charge in [0.05, 0.1) is 5.56 Å². The zero-order chi connectivity index (χ0) is 20.3. The minimum absolute atomic E-state index is 0.118. The van der Waals surface area contributed by atoms with Crippen molar-refractivity contribution in [2.75, 3.05) is 5.32 Å². The molecule has 0 aromatic heterocycles. The summed E-state index contributed by atoms with van der Waals surface area (Å²) in [4.78, 5) is 12.0. The van der Waals surface area contributed by atoms with Crippen molar-refractivity contribution in [2.24, 2.45) is 0 Å². The van der Waals surface area contributed by atoms with Gasteiger partial charge in [0.15, 0.2) is 11.6 Å². The lowest BCUT2D eigenvalue weighted by Crippen LogP contribution is -2.37. The summed E-state index contributed by atoms with van der Waals surface area (Å²) in [5.74, 6) is -1.75. The second-order valence-corrected chi connectivity index (χ2v) is 6.50. The molecule has 0 aliphatic heterocycles. The lowest BCUT2D eigenvalue weighted by molar-refractivity contribution is -0.137. The first-order valence-electron chi connectivity index (χ1n) is 8.57. The summed E-state index contributed by atoms with van der Waals surface area (Å²) in [6.07, 6.45) is -2.92. The first-order valence-corrected chi connectivity index (χ1v) is 8.57. The van der Waals surface area contributed by atoms with Crippen molar-refractivity contribution in [1.82, 2.24) is 5.32 Å². The molecule has 2 N–H and O–H groups in total. The highest BCUT2D eigenvalue weighted by Gasteiger charge is 2.31. The van der Waals surface area contributed by atoms with Gasteiger partial charge in [0.1, 0.15) is 11.9 Å². The van der Waals surface area contributed by atoms with Crippen LogP contribution in [0.25, 0.3) is 0 Å². The molecule has 0 unspecified atom stereocenters. The summed E-state index contributed by atoms with van der Waals surface area (Å²) in [6, 6.07) is 6.69. The van der Waals surface area contributed by atoms with Crippen molar-refractivity contribution in [1.29, 1.82) is 0 Å². The number of urea groups is 1. The predicted molar refractivity (Wildman–Crippen MR) is 92.0 cm³/mol. The molecule has 1 fully saturated rings. The molecule has 2 aromatic carbocycles. The Morgan fingerprint density at radius 3 is 2.36 bits per heavy atom. The highest BCUT2D eigenvalue weighted by Crippen LogP contribution is 2.31. The van der Waals surface area contributed by atoms with Crippen LogP contribution in [-0.4, -0.2) is 18.2 Å². The van der Waals surface area contributed by atoms with Gasteiger partial charge >= 0.3 is 12.2 Å². The summed E-state index contributed by atoms with van der Waals surface area (Å²) < 4.78 is 69.4. The van der Waals surface area contributed by atoms with Gasteiger partial charge in [-0.05, 0) is 49.2 Å². The Balaban J connectivity index is 1.48. The van der Waals surface area contributed by atoms with E-state index in [0.29, 0.717) is 25.0 Å². The molecule has 0 bridgehead atoms. The van der Waals surface area contributed by atoms with Crippen molar-refractivity contribution < 1.29 is 31.5 Å². The van der Waals surface area contributed by atoms with Crippen LogP contribution in [0.5, 0.6) is 5.75 Å². The standard InChI is InChI=1S/C19H17F5N2O2/c20-16-8-4-13(10-17(16)21)26-18(27)25-12-3-7-15(9-12)28-14-5-1-11(2-6-14)19(22,23)24/h1-2,4-6,8,10,12,15H,3,7,9H2,(H2,25,26,27)/t12-,15-/m0/s1.